The van der Waals surface area contributed by atoms with E-state index in [1.165, 1.54) is 24.0 Å². The van der Waals surface area contributed by atoms with E-state index in [0.29, 0.717) is 0 Å². The van der Waals surface area contributed by atoms with Gasteiger partial charge in [0.1, 0.15) is 5.75 Å². The number of aryl methyl sites for hydroxylation is 1. The van der Waals surface area contributed by atoms with Gasteiger partial charge >= 0.3 is 5.97 Å². The van der Waals surface area contributed by atoms with E-state index in [2.05, 4.69) is 22.0 Å². The minimum absolute atomic E-state index is 0.117. The fourth-order valence-electron chi connectivity index (χ4n) is 3.41. The van der Waals surface area contributed by atoms with E-state index >= 15 is 0 Å². The third-order valence-corrected chi connectivity index (χ3v) is 5.58. The Morgan fingerprint density at radius 2 is 1.95 bits per heavy atom. The van der Waals surface area contributed by atoms with Gasteiger partial charge in [-0.15, -0.1) is 0 Å². The normalized spacial score (nSPS) is 20.1. The van der Waals surface area contributed by atoms with Crippen molar-refractivity contribution in [2.24, 2.45) is 0 Å². The SMILES string of the molecule is O=C(O)CC1(c2cc3c(c(Br)c2O)CCCCC3)CC1. The fraction of sp³-hybridized carbons (Fsp3) is 0.562. The number of fused-ring (bicyclic) bond motifs is 1. The molecule has 0 radical (unpaired) electrons. The Hall–Kier alpha value is -1.03. The number of benzene rings is 1. The Bertz CT molecular complexity index is 561. The Morgan fingerprint density at radius 1 is 1.25 bits per heavy atom. The minimum atomic E-state index is -0.784. The first-order valence-corrected chi connectivity index (χ1v) is 8.08. The van der Waals surface area contributed by atoms with Crippen molar-refractivity contribution in [3.05, 3.63) is 27.2 Å². The van der Waals surface area contributed by atoms with Crippen LogP contribution in [0.25, 0.3) is 0 Å². The zero-order chi connectivity index (χ0) is 14.3. The van der Waals surface area contributed by atoms with Crippen LogP contribution >= 0.6 is 15.9 Å². The number of hydrogen-bond acceptors (Lipinski definition) is 2. The van der Waals surface area contributed by atoms with Crippen molar-refractivity contribution >= 4 is 21.9 Å². The molecule has 1 aromatic carbocycles. The molecule has 2 aliphatic carbocycles. The summed E-state index contributed by atoms with van der Waals surface area (Å²) in [5.74, 6) is -0.516. The van der Waals surface area contributed by atoms with E-state index in [4.69, 9.17) is 5.11 Å². The molecule has 0 spiro atoms. The standard InChI is InChI=1S/C16H19BrO3/c17-14-11-5-3-1-2-4-10(11)8-12(15(14)20)16(6-7-16)9-13(18)19/h8,20H,1-7,9H2,(H,18,19). The molecule has 2 aliphatic rings. The molecule has 0 atom stereocenters. The summed E-state index contributed by atoms with van der Waals surface area (Å²) in [7, 11) is 0. The van der Waals surface area contributed by atoms with Crippen LogP contribution in [-0.4, -0.2) is 16.2 Å². The first-order valence-electron chi connectivity index (χ1n) is 7.29. The van der Waals surface area contributed by atoms with E-state index in [1.54, 1.807) is 0 Å². The zero-order valence-corrected chi connectivity index (χ0v) is 13.0. The predicted octanol–water partition coefficient (Wildman–Crippen LogP) is 3.93. The maximum atomic E-state index is 11.1. The van der Waals surface area contributed by atoms with Crippen molar-refractivity contribution in [3.8, 4) is 5.75 Å². The van der Waals surface area contributed by atoms with Gasteiger partial charge in [0.25, 0.3) is 0 Å². The lowest BCUT2D eigenvalue weighted by molar-refractivity contribution is -0.137. The number of halogens is 1. The van der Waals surface area contributed by atoms with Crippen molar-refractivity contribution in [3.63, 3.8) is 0 Å². The number of carboxylic acid groups (broad SMARTS) is 1. The summed E-state index contributed by atoms with van der Waals surface area (Å²) in [6.45, 7) is 0. The summed E-state index contributed by atoms with van der Waals surface area (Å²) in [5, 5.41) is 19.6. The van der Waals surface area contributed by atoms with E-state index in [9.17, 15) is 9.90 Å². The van der Waals surface area contributed by atoms with Crippen LogP contribution < -0.4 is 0 Å². The number of carbonyl (C=O) groups is 1. The van der Waals surface area contributed by atoms with E-state index in [0.717, 1.165) is 42.1 Å². The molecule has 20 heavy (non-hydrogen) atoms. The number of rotatable bonds is 3. The van der Waals surface area contributed by atoms with Gasteiger partial charge in [-0.1, -0.05) is 12.5 Å². The van der Waals surface area contributed by atoms with Gasteiger partial charge in [0.2, 0.25) is 0 Å². The lowest BCUT2D eigenvalue weighted by Gasteiger charge is -2.20. The van der Waals surface area contributed by atoms with Crippen LogP contribution in [0.4, 0.5) is 0 Å². The number of carboxylic acids is 1. The highest BCUT2D eigenvalue weighted by Crippen LogP contribution is 2.56. The maximum absolute atomic E-state index is 11.1. The monoisotopic (exact) mass is 338 g/mol. The van der Waals surface area contributed by atoms with Gasteiger partial charge in [-0.3, -0.25) is 4.79 Å². The average molecular weight is 339 g/mol. The van der Waals surface area contributed by atoms with E-state index in [-0.39, 0.29) is 17.6 Å². The predicted molar refractivity (Wildman–Crippen MR) is 80.2 cm³/mol. The lowest BCUT2D eigenvalue weighted by atomic mass is 9.87. The molecule has 108 valence electrons. The van der Waals surface area contributed by atoms with Gasteiger partial charge in [-0.05, 0) is 65.6 Å². The van der Waals surface area contributed by atoms with Gasteiger partial charge in [-0.25, -0.2) is 0 Å². The number of phenols is 1. The van der Waals surface area contributed by atoms with Crippen LogP contribution in [0.2, 0.25) is 0 Å². The summed E-state index contributed by atoms with van der Waals surface area (Å²) in [6.07, 6.45) is 7.42. The van der Waals surface area contributed by atoms with Crippen molar-refractivity contribution in [2.75, 3.05) is 0 Å². The molecule has 2 N–H and O–H groups in total. The second-order valence-electron chi connectivity index (χ2n) is 6.14. The third kappa shape index (κ3) is 2.34. The highest BCUT2D eigenvalue weighted by atomic mass is 79.9. The summed E-state index contributed by atoms with van der Waals surface area (Å²) < 4.78 is 0.795. The smallest absolute Gasteiger partial charge is 0.304 e. The van der Waals surface area contributed by atoms with Crippen molar-refractivity contribution in [1.82, 2.24) is 0 Å². The first kappa shape index (κ1) is 13.9. The molecule has 0 unspecified atom stereocenters. The van der Waals surface area contributed by atoms with Gasteiger partial charge < -0.3 is 10.2 Å². The quantitative estimate of drug-likeness (QED) is 0.821. The number of aromatic hydroxyl groups is 1. The summed E-state index contributed by atoms with van der Waals surface area (Å²) in [5.41, 5.74) is 3.01. The molecule has 0 amide bonds. The average Bonchev–Trinajstić information content (AvgIpc) is 3.17. The van der Waals surface area contributed by atoms with Gasteiger partial charge in [0, 0.05) is 11.0 Å². The summed E-state index contributed by atoms with van der Waals surface area (Å²) in [4.78, 5) is 11.1. The van der Waals surface area contributed by atoms with Crippen LogP contribution in [0.5, 0.6) is 5.75 Å². The van der Waals surface area contributed by atoms with Gasteiger partial charge in [0.15, 0.2) is 0 Å². The van der Waals surface area contributed by atoms with Crippen LogP contribution in [0, 0.1) is 0 Å². The molecule has 1 saturated carbocycles. The summed E-state index contributed by atoms with van der Waals surface area (Å²) >= 11 is 3.54. The molecule has 0 bridgehead atoms. The number of phenolic OH excluding ortho intramolecular Hbond substituents is 1. The zero-order valence-electron chi connectivity index (χ0n) is 11.4. The molecule has 1 fully saturated rings. The molecular formula is C16H19BrO3. The number of aliphatic carboxylic acids is 1. The second-order valence-corrected chi connectivity index (χ2v) is 6.93. The molecule has 0 aliphatic heterocycles. The van der Waals surface area contributed by atoms with Gasteiger partial charge in [-0.2, -0.15) is 0 Å². The highest BCUT2D eigenvalue weighted by Gasteiger charge is 2.48. The maximum Gasteiger partial charge on any atom is 0.304 e. The molecular weight excluding hydrogens is 320 g/mol. The Balaban J connectivity index is 2.06. The minimum Gasteiger partial charge on any atom is -0.506 e. The van der Waals surface area contributed by atoms with Crippen LogP contribution in [0.15, 0.2) is 10.5 Å². The van der Waals surface area contributed by atoms with Crippen molar-refractivity contribution in [2.45, 2.75) is 56.8 Å². The topological polar surface area (TPSA) is 57.5 Å². The Morgan fingerprint density at radius 3 is 2.60 bits per heavy atom. The first-order chi connectivity index (χ1) is 9.53. The summed E-state index contributed by atoms with van der Waals surface area (Å²) in [6, 6.07) is 2.08. The van der Waals surface area contributed by atoms with Crippen LogP contribution in [0.3, 0.4) is 0 Å². The fourth-order valence-corrected chi connectivity index (χ4v) is 4.07. The molecule has 3 nitrogen and oxygen atoms in total. The second kappa shape index (κ2) is 5.06. The van der Waals surface area contributed by atoms with E-state index in [1.807, 2.05) is 0 Å². The highest BCUT2D eigenvalue weighted by molar-refractivity contribution is 9.10. The van der Waals surface area contributed by atoms with Crippen molar-refractivity contribution < 1.29 is 15.0 Å². The Labute approximate surface area is 127 Å². The lowest BCUT2D eigenvalue weighted by Crippen LogP contribution is -2.14. The molecule has 3 rings (SSSR count). The van der Waals surface area contributed by atoms with Crippen LogP contribution in [-0.2, 0) is 23.1 Å². The van der Waals surface area contributed by atoms with E-state index < -0.39 is 5.97 Å². The van der Waals surface area contributed by atoms with Crippen molar-refractivity contribution in [1.29, 1.82) is 0 Å². The molecule has 0 heterocycles. The molecule has 1 aromatic rings. The largest absolute Gasteiger partial charge is 0.506 e. The Kier molecular flexibility index (Phi) is 3.53. The molecule has 4 heteroatoms. The molecule has 0 aromatic heterocycles. The van der Waals surface area contributed by atoms with Crippen LogP contribution in [0.1, 0.15) is 55.2 Å². The third-order valence-electron chi connectivity index (χ3n) is 4.72. The molecule has 0 saturated heterocycles. The van der Waals surface area contributed by atoms with Gasteiger partial charge in [0.05, 0.1) is 10.9 Å². The number of hydrogen-bond donors (Lipinski definition) is 2.